The van der Waals surface area contributed by atoms with Crippen LogP contribution < -0.4 is 0 Å². The SMILES string of the molecule is CCCCC(CC)CN1C2CCC1C(C(=O)O)C2. The summed E-state index contributed by atoms with van der Waals surface area (Å²) in [5.41, 5.74) is 0. The summed E-state index contributed by atoms with van der Waals surface area (Å²) in [7, 11) is 0. The summed E-state index contributed by atoms with van der Waals surface area (Å²) in [6.07, 6.45) is 8.33. The second-order valence-corrected chi connectivity index (χ2v) is 6.09. The van der Waals surface area contributed by atoms with E-state index < -0.39 is 5.97 Å². The van der Waals surface area contributed by atoms with Crippen LogP contribution >= 0.6 is 0 Å². The lowest BCUT2D eigenvalue weighted by atomic mass is 9.89. The molecule has 2 heterocycles. The van der Waals surface area contributed by atoms with Gasteiger partial charge >= 0.3 is 5.97 Å². The molecule has 4 unspecified atom stereocenters. The first-order chi connectivity index (χ1) is 8.67. The highest BCUT2D eigenvalue weighted by atomic mass is 16.4. The van der Waals surface area contributed by atoms with Gasteiger partial charge in [-0.2, -0.15) is 0 Å². The van der Waals surface area contributed by atoms with Gasteiger partial charge < -0.3 is 5.11 Å². The molecule has 0 spiro atoms. The molecular formula is C15H27NO2. The Balaban J connectivity index is 1.91. The zero-order valence-corrected chi connectivity index (χ0v) is 11.8. The third kappa shape index (κ3) is 2.71. The average molecular weight is 253 g/mol. The number of carbonyl (C=O) groups is 1. The van der Waals surface area contributed by atoms with Crippen LogP contribution in [0.5, 0.6) is 0 Å². The quantitative estimate of drug-likeness (QED) is 0.757. The lowest BCUT2D eigenvalue weighted by Gasteiger charge is -2.27. The lowest BCUT2D eigenvalue weighted by Crippen LogP contribution is -2.36. The van der Waals surface area contributed by atoms with Crippen molar-refractivity contribution in [2.24, 2.45) is 11.8 Å². The van der Waals surface area contributed by atoms with Gasteiger partial charge in [0.1, 0.15) is 0 Å². The minimum absolute atomic E-state index is 0.0903. The summed E-state index contributed by atoms with van der Waals surface area (Å²) in [5, 5.41) is 9.26. The van der Waals surface area contributed by atoms with Gasteiger partial charge in [-0.3, -0.25) is 9.69 Å². The number of hydrogen-bond acceptors (Lipinski definition) is 2. The van der Waals surface area contributed by atoms with Crippen molar-refractivity contribution in [2.45, 2.75) is 70.9 Å². The molecule has 4 atom stereocenters. The van der Waals surface area contributed by atoms with Crippen LogP contribution in [0.2, 0.25) is 0 Å². The number of carboxylic acid groups (broad SMARTS) is 1. The fraction of sp³-hybridized carbons (Fsp3) is 0.933. The number of nitrogens with zero attached hydrogens (tertiary/aromatic N) is 1. The van der Waals surface area contributed by atoms with Crippen molar-refractivity contribution in [2.75, 3.05) is 6.54 Å². The van der Waals surface area contributed by atoms with Crippen molar-refractivity contribution < 1.29 is 9.90 Å². The first-order valence-electron chi connectivity index (χ1n) is 7.65. The summed E-state index contributed by atoms with van der Waals surface area (Å²) in [6.45, 7) is 5.65. The number of carboxylic acids is 1. The van der Waals surface area contributed by atoms with Gasteiger partial charge in [0.25, 0.3) is 0 Å². The number of unbranched alkanes of at least 4 members (excludes halogenated alkanes) is 1. The second kappa shape index (κ2) is 6.05. The highest BCUT2D eigenvalue weighted by Crippen LogP contribution is 2.42. The van der Waals surface area contributed by atoms with Crippen molar-refractivity contribution >= 4 is 5.97 Å². The Morgan fingerprint density at radius 3 is 2.72 bits per heavy atom. The van der Waals surface area contributed by atoms with Gasteiger partial charge in [-0.1, -0.05) is 33.1 Å². The monoisotopic (exact) mass is 253 g/mol. The van der Waals surface area contributed by atoms with Gasteiger partial charge in [0.15, 0.2) is 0 Å². The van der Waals surface area contributed by atoms with Crippen molar-refractivity contribution in [3.05, 3.63) is 0 Å². The van der Waals surface area contributed by atoms with E-state index >= 15 is 0 Å². The molecule has 104 valence electrons. The fourth-order valence-corrected chi connectivity index (χ4v) is 3.87. The molecule has 0 aromatic carbocycles. The summed E-state index contributed by atoms with van der Waals surface area (Å²) in [6, 6.07) is 0.898. The maximum atomic E-state index is 11.2. The van der Waals surface area contributed by atoms with Crippen LogP contribution in [-0.4, -0.2) is 34.6 Å². The highest BCUT2D eigenvalue weighted by molar-refractivity contribution is 5.71. The highest BCUT2D eigenvalue weighted by Gasteiger charge is 2.49. The van der Waals surface area contributed by atoms with Gasteiger partial charge in [-0.05, 0) is 31.6 Å². The summed E-state index contributed by atoms with van der Waals surface area (Å²) >= 11 is 0. The molecule has 0 amide bonds. The average Bonchev–Trinajstić information content (AvgIpc) is 2.91. The molecule has 2 fully saturated rings. The van der Waals surface area contributed by atoms with Crippen LogP contribution in [-0.2, 0) is 4.79 Å². The van der Waals surface area contributed by atoms with E-state index in [0.29, 0.717) is 12.1 Å². The molecule has 0 aromatic heterocycles. The molecule has 2 bridgehead atoms. The molecule has 0 aliphatic carbocycles. The largest absolute Gasteiger partial charge is 0.481 e. The second-order valence-electron chi connectivity index (χ2n) is 6.09. The molecule has 0 radical (unpaired) electrons. The molecule has 3 nitrogen and oxygen atoms in total. The van der Waals surface area contributed by atoms with Crippen molar-refractivity contribution in [3.8, 4) is 0 Å². The zero-order chi connectivity index (χ0) is 13.1. The Labute approximate surface area is 111 Å². The minimum Gasteiger partial charge on any atom is -0.481 e. The van der Waals surface area contributed by atoms with Crippen LogP contribution in [0.3, 0.4) is 0 Å². The van der Waals surface area contributed by atoms with Crippen molar-refractivity contribution in [1.82, 2.24) is 4.90 Å². The number of rotatable bonds is 7. The number of hydrogen-bond donors (Lipinski definition) is 1. The smallest absolute Gasteiger partial charge is 0.308 e. The first kappa shape index (κ1) is 13.9. The summed E-state index contributed by atoms with van der Waals surface area (Å²) in [5.74, 6) is 0.0989. The molecule has 1 N–H and O–H groups in total. The zero-order valence-electron chi connectivity index (χ0n) is 11.8. The van der Waals surface area contributed by atoms with Crippen LogP contribution in [0.15, 0.2) is 0 Å². The van der Waals surface area contributed by atoms with E-state index in [1.54, 1.807) is 0 Å². The maximum Gasteiger partial charge on any atom is 0.308 e. The standard InChI is InChI=1S/C15H27NO2/c1-3-5-6-11(4-2)10-16-12-7-8-14(16)13(9-12)15(17)18/h11-14H,3-10H2,1-2H3,(H,17,18). The Hall–Kier alpha value is -0.570. The van der Waals surface area contributed by atoms with Crippen LogP contribution in [0.25, 0.3) is 0 Å². The first-order valence-corrected chi connectivity index (χ1v) is 7.65. The molecule has 2 aliphatic heterocycles. The molecule has 2 saturated heterocycles. The predicted octanol–water partition coefficient (Wildman–Crippen LogP) is 3.14. The van der Waals surface area contributed by atoms with E-state index in [-0.39, 0.29) is 5.92 Å². The number of aliphatic carboxylic acids is 1. The topological polar surface area (TPSA) is 40.5 Å². The summed E-state index contributed by atoms with van der Waals surface area (Å²) in [4.78, 5) is 13.8. The Bertz CT molecular complexity index is 292. The summed E-state index contributed by atoms with van der Waals surface area (Å²) < 4.78 is 0. The molecule has 18 heavy (non-hydrogen) atoms. The molecular weight excluding hydrogens is 226 g/mol. The lowest BCUT2D eigenvalue weighted by molar-refractivity contribution is -0.142. The maximum absolute atomic E-state index is 11.2. The van der Waals surface area contributed by atoms with Crippen molar-refractivity contribution in [1.29, 1.82) is 0 Å². The molecule has 2 rings (SSSR count). The van der Waals surface area contributed by atoms with Crippen LogP contribution in [0.4, 0.5) is 0 Å². The third-order valence-electron chi connectivity index (χ3n) is 5.01. The normalized spacial score (nSPS) is 32.9. The molecule has 2 aliphatic rings. The molecule has 0 aromatic rings. The van der Waals surface area contributed by atoms with E-state index in [4.69, 9.17) is 0 Å². The Morgan fingerprint density at radius 2 is 2.17 bits per heavy atom. The van der Waals surface area contributed by atoms with Crippen LogP contribution in [0, 0.1) is 11.8 Å². The van der Waals surface area contributed by atoms with Crippen molar-refractivity contribution in [3.63, 3.8) is 0 Å². The van der Waals surface area contributed by atoms with Gasteiger partial charge in [0.2, 0.25) is 0 Å². The van der Waals surface area contributed by atoms with Gasteiger partial charge in [0.05, 0.1) is 5.92 Å². The predicted molar refractivity (Wildman–Crippen MR) is 72.6 cm³/mol. The van der Waals surface area contributed by atoms with E-state index in [9.17, 15) is 9.90 Å². The molecule has 0 saturated carbocycles. The van der Waals surface area contributed by atoms with E-state index in [0.717, 1.165) is 25.3 Å². The fourth-order valence-electron chi connectivity index (χ4n) is 3.87. The molecule has 3 heteroatoms. The Morgan fingerprint density at radius 1 is 1.39 bits per heavy atom. The van der Waals surface area contributed by atoms with Gasteiger partial charge in [-0.15, -0.1) is 0 Å². The minimum atomic E-state index is -0.575. The van der Waals surface area contributed by atoms with Gasteiger partial charge in [-0.25, -0.2) is 0 Å². The van der Waals surface area contributed by atoms with Gasteiger partial charge in [0, 0.05) is 18.6 Å². The van der Waals surface area contributed by atoms with Crippen LogP contribution in [0.1, 0.15) is 58.8 Å². The number of fused-ring (bicyclic) bond motifs is 2. The third-order valence-corrected chi connectivity index (χ3v) is 5.01. The van der Waals surface area contributed by atoms with E-state index in [2.05, 4.69) is 18.7 Å². The van der Waals surface area contributed by atoms with E-state index in [1.807, 2.05) is 0 Å². The Kier molecular flexibility index (Phi) is 4.66. The van der Waals surface area contributed by atoms with E-state index in [1.165, 1.54) is 32.1 Å².